The van der Waals surface area contributed by atoms with Crippen molar-refractivity contribution in [3.63, 3.8) is 0 Å². The lowest BCUT2D eigenvalue weighted by atomic mass is 10.5. The van der Waals surface area contributed by atoms with E-state index in [1.54, 1.807) is 0 Å². The molecule has 2 heterocycles. The highest BCUT2D eigenvalue weighted by molar-refractivity contribution is 7.89. The third kappa shape index (κ3) is 3.02. The van der Waals surface area contributed by atoms with E-state index in [0.29, 0.717) is 17.0 Å². The van der Waals surface area contributed by atoms with Gasteiger partial charge in [0.1, 0.15) is 5.52 Å². The van der Waals surface area contributed by atoms with Crippen LogP contribution in [0, 0.1) is 0 Å². The number of fused-ring (bicyclic) bond motifs is 1. The summed E-state index contributed by atoms with van der Waals surface area (Å²) in [5.41, 5.74) is 0.965. The molecule has 0 radical (unpaired) electrons. The largest absolute Gasteiger partial charge is 0.367 e. The lowest BCUT2D eigenvalue weighted by Gasteiger charge is -2.05. The fourth-order valence-electron chi connectivity index (χ4n) is 1.25. The molecule has 0 aliphatic heterocycles. The van der Waals surface area contributed by atoms with Gasteiger partial charge in [0.2, 0.25) is 15.3 Å². The summed E-state index contributed by atoms with van der Waals surface area (Å²) < 4.78 is 21.5. The third-order valence-corrected chi connectivity index (χ3v) is 2.88. The minimum Gasteiger partial charge on any atom is -0.367 e. The topological polar surface area (TPSA) is 127 Å². The molecule has 17 heavy (non-hydrogen) atoms. The molecule has 4 N–H and O–H groups in total. The van der Waals surface area contributed by atoms with Gasteiger partial charge in [0.15, 0.2) is 11.5 Å². The number of aromatic amines is 1. The van der Waals surface area contributed by atoms with E-state index in [2.05, 4.69) is 25.3 Å². The molecule has 92 valence electrons. The summed E-state index contributed by atoms with van der Waals surface area (Å²) >= 11 is 5.69. The number of halogens is 1. The summed E-state index contributed by atoms with van der Waals surface area (Å²) in [6, 6.07) is 0. The molecular formula is C7H9ClN6O2S. The van der Waals surface area contributed by atoms with Gasteiger partial charge in [0.25, 0.3) is 0 Å². The van der Waals surface area contributed by atoms with E-state index in [-0.39, 0.29) is 17.6 Å². The number of anilines is 1. The van der Waals surface area contributed by atoms with Crippen molar-refractivity contribution in [3.05, 3.63) is 11.6 Å². The Labute approximate surface area is 102 Å². The van der Waals surface area contributed by atoms with E-state index in [9.17, 15) is 8.42 Å². The van der Waals surface area contributed by atoms with Crippen molar-refractivity contribution in [1.82, 2.24) is 19.9 Å². The number of hydrogen-bond acceptors (Lipinski definition) is 6. The number of rotatable bonds is 4. The third-order valence-electron chi connectivity index (χ3n) is 1.94. The molecule has 10 heteroatoms. The van der Waals surface area contributed by atoms with E-state index >= 15 is 0 Å². The van der Waals surface area contributed by atoms with E-state index in [1.165, 1.54) is 6.33 Å². The lowest BCUT2D eigenvalue weighted by molar-refractivity contribution is 0.598. The van der Waals surface area contributed by atoms with Crippen molar-refractivity contribution in [3.8, 4) is 0 Å². The molecule has 8 nitrogen and oxygen atoms in total. The van der Waals surface area contributed by atoms with Gasteiger partial charge in [-0.15, -0.1) is 0 Å². The Bertz CT molecular complexity index is 639. The molecule has 0 bridgehead atoms. The van der Waals surface area contributed by atoms with Gasteiger partial charge in [-0.2, -0.15) is 9.97 Å². The Morgan fingerprint density at radius 2 is 2.24 bits per heavy atom. The zero-order valence-corrected chi connectivity index (χ0v) is 10.1. The van der Waals surface area contributed by atoms with Gasteiger partial charge >= 0.3 is 0 Å². The van der Waals surface area contributed by atoms with Crippen molar-refractivity contribution in [2.45, 2.75) is 0 Å². The molecule has 2 aromatic rings. The maximum atomic E-state index is 10.8. The summed E-state index contributed by atoms with van der Waals surface area (Å²) in [6.45, 7) is 0.125. The van der Waals surface area contributed by atoms with Gasteiger partial charge in [0, 0.05) is 6.54 Å². The van der Waals surface area contributed by atoms with Gasteiger partial charge in [0.05, 0.1) is 12.1 Å². The zero-order chi connectivity index (χ0) is 12.5. The van der Waals surface area contributed by atoms with Crippen LogP contribution in [0.5, 0.6) is 0 Å². The van der Waals surface area contributed by atoms with Crippen molar-refractivity contribution < 1.29 is 8.42 Å². The molecule has 2 rings (SSSR count). The molecule has 0 aliphatic carbocycles. The fourth-order valence-corrected chi connectivity index (χ4v) is 1.80. The molecule has 0 atom stereocenters. The average molecular weight is 277 g/mol. The highest BCUT2D eigenvalue weighted by atomic mass is 35.5. The number of hydrogen-bond donors (Lipinski definition) is 3. The molecule has 2 aromatic heterocycles. The van der Waals surface area contributed by atoms with Crippen LogP contribution in [0.4, 0.5) is 5.82 Å². The van der Waals surface area contributed by atoms with E-state index in [0.717, 1.165) is 0 Å². The zero-order valence-electron chi connectivity index (χ0n) is 8.51. The second-order valence-electron chi connectivity index (χ2n) is 3.24. The lowest BCUT2D eigenvalue weighted by Crippen LogP contribution is -2.22. The molecule has 0 amide bonds. The van der Waals surface area contributed by atoms with Gasteiger partial charge in [-0.3, -0.25) is 0 Å². The number of nitrogens with zero attached hydrogens (tertiary/aromatic N) is 3. The quantitative estimate of drug-likeness (QED) is 0.659. The molecule has 0 saturated heterocycles. The van der Waals surface area contributed by atoms with Crippen molar-refractivity contribution in [2.75, 3.05) is 17.6 Å². The van der Waals surface area contributed by atoms with Crippen LogP contribution in [0.25, 0.3) is 11.2 Å². The van der Waals surface area contributed by atoms with Gasteiger partial charge in [-0.05, 0) is 11.6 Å². The summed E-state index contributed by atoms with van der Waals surface area (Å²) in [5, 5.41) is 7.71. The number of nitrogens with one attached hydrogen (secondary N) is 2. The smallest absolute Gasteiger partial charge is 0.226 e. The Morgan fingerprint density at radius 3 is 2.94 bits per heavy atom. The molecule has 0 spiro atoms. The first-order chi connectivity index (χ1) is 7.96. The van der Waals surface area contributed by atoms with E-state index < -0.39 is 10.0 Å². The van der Waals surface area contributed by atoms with Crippen LogP contribution in [0.3, 0.4) is 0 Å². The second kappa shape index (κ2) is 4.43. The van der Waals surface area contributed by atoms with Crippen molar-refractivity contribution in [2.24, 2.45) is 5.14 Å². The Hall–Kier alpha value is -1.45. The molecule has 0 saturated carbocycles. The number of aromatic nitrogens is 4. The molecule has 0 aromatic carbocycles. The van der Waals surface area contributed by atoms with Crippen LogP contribution in [0.1, 0.15) is 0 Å². The first kappa shape index (κ1) is 12.0. The average Bonchev–Trinajstić information content (AvgIpc) is 2.63. The molecule has 0 unspecified atom stereocenters. The molecule has 0 aliphatic rings. The second-order valence-corrected chi connectivity index (χ2v) is 5.31. The predicted octanol–water partition coefficient (Wildman–Crippen LogP) is -0.293. The van der Waals surface area contributed by atoms with Crippen LogP contribution in [0.2, 0.25) is 5.28 Å². The Balaban J connectivity index is 2.20. The summed E-state index contributed by atoms with van der Waals surface area (Å²) in [5.74, 6) is 0.186. The van der Waals surface area contributed by atoms with E-state index in [1.807, 2.05) is 0 Å². The van der Waals surface area contributed by atoms with Gasteiger partial charge in [-0.1, -0.05) is 0 Å². The van der Waals surface area contributed by atoms with E-state index in [4.69, 9.17) is 16.7 Å². The first-order valence-electron chi connectivity index (χ1n) is 4.57. The fraction of sp³-hybridized carbons (Fsp3) is 0.286. The first-order valence-corrected chi connectivity index (χ1v) is 6.66. The van der Waals surface area contributed by atoms with Crippen molar-refractivity contribution in [1.29, 1.82) is 0 Å². The highest BCUT2D eigenvalue weighted by Crippen LogP contribution is 2.17. The number of sulfonamides is 1. The maximum Gasteiger partial charge on any atom is 0.226 e. The minimum atomic E-state index is -3.51. The summed E-state index contributed by atoms with van der Waals surface area (Å²) in [6.07, 6.45) is 1.44. The number of imidazole rings is 1. The van der Waals surface area contributed by atoms with Crippen molar-refractivity contribution >= 4 is 38.6 Å². The Morgan fingerprint density at radius 1 is 1.47 bits per heavy atom. The van der Waals surface area contributed by atoms with Crippen LogP contribution in [-0.2, 0) is 10.0 Å². The van der Waals surface area contributed by atoms with Crippen LogP contribution in [0.15, 0.2) is 6.33 Å². The SMILES string of the molecule is NS(=O)(=O)CCNc1nc(Cl)nc2nc[nH]c12. The standard InChI is InChI=1S/C7H9ClN6O2S/c8-7-13-5(10-1-2-17(9,15)16)4-6(14-7)12-3-11-4/h3H,1-2H2,(H2,9,15,16)(H2,10,11,12,13,14). The number of nitrogens with two attached hydrogens (primary N) is 1. The van der Waals surface area contributed by atoms with Gasteiger partial charge in [-0.25, -0.2) is 18.5 Å². The van der Waals surface area contributed by atoms with Crippen LogP contribution >= 0.6 is 11.6 Å². The summed E-state index contributed by atoms with van der Waals surface area (Å²) in [7, 11) is -3.51. The number of primary sulfonamides is 1. The summed E-state index contributed by atoms with van der Waals surface area (Å²) in [4.78, 5) is 14.6. The normalized spacial score (nSPS) is 11.9. The Kier molecular flexibility index (Phi) is 3.13. The van der Waals surface area contributed by atoms with Crippen LogP contribution < -0.4 is 10.5 Å². The van der Waals surface area contributed by atoms with Crippen LogP contribution in [-0.4, -0.2) is 40.7 Å². The highest BCUT2D eigenvalue weighted by Gasteiger charge is 2.09. The maximum absolute atomic E-state index is 10.8. The minimum absolute atomic E-state index is 0.0303. The molecule has 0 fully saturated rings. The van der Waals surface area contributed by atoms with Gasteiger partial charge < -0.3 is 10.3 Å². The molecular weight excluding hydrogens is 268 g/mol. The monoisotopic (exact) mass is 276 g/mol. The number of H-pyrrole nitrogens is 1. The predicted molar refractivity (Wildman–Crippen MR) is 63.2 cm³/mol.